The van der Waals surface area contributed by atoms with Crippen LogP contribution in [-0.2, 0) is 10.5 Å². The van der Waals surface area contributed by atoms with Crippen LogP contribution < -0.4 is 30.3 Å². The number of carbonyl (C=O) groups excluding carboxylic acids is 1. The van der Waals surface area contributed by atoms with Crippen molar-refractivity contribution in [3.05, 3.63) is 77.9 Å². The van der Waals surface area contributed by atoms with E-state index in [2.05, 4.69) is 22.9 Å². The smallest absolute Gasteiger partial charge is 0.232 e. The Kier molecular flexibility index (Phi) is 7.58. The number of para-hydroxylation sites is 2. The molecule has 1 atom stereocenters. The second kappa shape index (κ2) is 10.8. The molecule has 4 rings (SSSR count). The van der Waals surface area contributed by atoms with Crippen LogP contribution in [0.25, 0.3) is 0 Å². The van der Waals surface area contributed by atoms with Crippen LogP contribution in [0, 0.1) is 0 Å². The summed E-state index contributed by atoms with van der Waals surface area (Å²) in [6.45, 7) is 2.73. The number of rotatable bonds is 10. The molecule has 1 unspecified atom stereocenters. The van der Waals surface area contributed by atoms with E-state index in [-0.39, 0.29) is 5.91 Å². The molecule has 0 bridgehead atoms. The molecule has 7 heteroatoms. The molecule has 0 saturated carbocycles. The molecule has 36 heavy (non-hydrogen) atoms. The number of amides is 1. The van der Waals surface area contributed by atoms with Crippen molar-refractivity contribution in [2.24, 2.45) is 0 Å². The van der Waals surface area contributed by atoms with Crippen molar-refractivity contribution in [3.8, 4) is 11.5 Å². The highest BCUT2D eigenvalue weighted by atomic mass is 16.5. The fraction of sp³-hybridized carbons (Fsp3) is 0.345. The Morgan fingerprint density at radius 1 is 0.972 bits per heavy atom. The van der Waals surface area contributed by atoms with E-state index in [0.29, 0.717) is 18.0 Å². The first kappa shape index (κ1) is 25.2. The normalized spacial score (nSPS) is 14.1. The maximum Gasteiger partial charge on any atom is 0.232 e. The fourth-order valence-electron chi connectivity index (χ4n) is 4.77. The van der Waals surface area contributed by atoms with E-state index in [9.17, 15) is 4.79 Å². The van der Waals surface area contributed by atoms with Gasteiger partial charge in [-0.3, -0.25) is 4.79 Å². The molecule has 3 N–H and O–H groups in total. The van der Waals surface area contributed by atoms with Gasteiger partial charge in [-0.15, -0.1) is 0 Å². The van der Waals surface area contributed by atoms with Crippen LogP contribution >= 0.6 is 0 Å². The molecule has 1 aliphatic heterocycles. The van der Waals surface area contributed by atoms with Crippen LogP contribution in [0.1, 0.15) is 36.8 Å². The first-order chi connectivity index (χ1) is 17.4. The van der Waals surface area contributed by atoms with Crippen molar-refractivity contribution in [1.29, 1.82) is 0 Å². The number of methoxy groups -OCH3 is 2. The molecule has 0 saturated heterocycles. The maximum absolute atomic E-state index is 14.0. The third kappa shape index (κ3) is 4.78. The first-order valence-electron chi connectivity index (χ1n) is 12.4. The molecule has 0 radical (unpaired) electrons. The van der Waals surface area contributed by atoms with Crippen LogP contribution in [0.4, 0.5) is 17.1 Å². The van der Waals surface area contributed by atoms with Crippen LogP contribution in [0.2, 0.25) is 0 Å². The van der Waals surface area contributed by atoms with Crippen LogP contribution in [0.15, 0.2) is 66.7 Å². The number of anilines is 3. The van der Waals surface area contributed by atoms with Gasteiger partial charge in [0.05, 0.1) is 25.6 Å². The van der Waals surface area contributed by atoms with Crippen LogP contribution in [-0.4, -0.2) is 40.8 Å². The topological polar surface area (TPSA) is 74.9 Å². The SMILES string of the molecule is CCCCNC(=O)C(c1ccc(N(C)C)cc1)C1(c2ccc(OC)cc2OC)Nc2ccccc2N1. The van der Waals surface area contributed by atoms with Crippen molar-refractivity contribution >= 4 is 23.0 Å². The molecule has 0 fully saturated rings. The highest BCUT2D eigenvalue weighted by Crippen LogP contribution is 2.50. The Morgan fingerprint density at radius 3 is 2.19 bits per heavy atom. The lowest BCUT2D eigenvalue weighted by molar-refractivity contribution is -0.123. The Bertz CT molecular complexity index is 1170. The summed E-state index contributed by atoms with van der Waals surface area (Å²) < 4.78 is 11.3. The number of nitrogens with one attached hydrogen (secondary N) is 3. The Balaban J connectivity index is 1.91. The van der Waals surface area contributed by atoms with Crippen molar-refractivity contribution in [3.63, 3.8) is 0 Å². The summed E-state index contributed by atoms with van der Waals surface area (Å²) in [5, 5.41) is 10.5. The Hall–Kier alpha value is -3.87. The monoisotopic (exact) mass is 488 g/mol. The third-order valence-electron chi connectivity index (χ3n) is 6.69. The zero-order chi connectivity index (χ0) is 25.7. The van der Waals surface area contributed by atoms with Gasteiger partial charge >= 0.3 is 0 Å². The van der Waals surface area contributed by atoms with Gasteiger partial charge < -0.3 is 30.3 Å². The molecule has 0 aromatic heterocycles. The van der Waals surface area contributed by atoms with Gasteiger partial charge in [0, 0.05) is 38.0 Å². The van der Waals surface area contributed by atoms with E-state index in [0.717, 1.165) is 41.0 Å². The minimum atomic E-state index is -1.00. The van der Waals surface area contributed by atoms with Crippen molar-refractivity contribution in [1.82, 2.24) is 5.32 Å². The summed E-state index contributed by atoms with van der Waals surface area (Å²) in [5.74, 6) is 0.631. The van der Waals surface area contributed by atoms with Gasteiger partial charge in [-0.05, 0) is 48.4 Å². The molecule has 1 heterocycles. The van der Waals surface area contributed by atoms with Crippen molar-refractivity contribution in [2.75, 3.05) is 50.4 Å². The fourth-order valence-corrected chi connectivity index (χ4v) is 4.77. The lowest BCUT2D eigenvalue weighted by atomic mass is 9.79. The number of ether oxygens (including phenoxy) is 2. The zero-order valence-corrected chi connectivity index (χ0v) is 21.7. The first-order valence-corrected chi connectivity index (χ1v) is 12.4. The lowest BCUT2D eigenvalue weighted by Gasteiger charge is -2.39. The number of unbranched alkanes of at least 4 members (excludes halogenated alkanes) is 1. The molecule has 0 aliphatic carbocycles. The van der Waals surface area contributed by atoms with E-state index in [1.807, 2.05) is 85.7 Å². The summed E-state index contributed by atoms with van der Waals surface area (Å²) in [4.78, 5) is 16.1. The van der Waals surface area contributed by atoms with E-state index in [4.69, 9.17) is 9.47 Å². The molecule has 190 valence electrons. The van der Waals surface area contributed by atoms with E-state index in [1.54, 1.807) is 14.2 Å². The Morgan fingerprint density at radius 2 is 1.64 bits per heavy atom. The minimum absolute atomic E-state index is 0.0632. The third-order valence-corrected chi connectivity index (χ3v) is 6.69. The standard InChI is InChI=1S/C29H36N4O3/c1-6-7-18-30-28(34)27(20-12-14-21(15-13-20)33(2)3)29(31-24-10-8-9-11-25(24)32-29)23-17-16-22(35-4)19-26(23)36-5/h8-17,19,27,31-32H,6-7,18H2,1-5H3,(H,30,34). The number of nitrogens with zero attached hydrogens (tertiary/aromatic N) is 1. The summed E-state index contributed by atoms with van der Waals surface area (Å²) >= 11 is 0. The molecular formula is C29H36N4O3. The number of fused-ring (bicyclic) bond motifs is 1. The predicted octanol–water partition coefficient (Wildman–Crippen LogP) is 5.16. The lowest BCUT2D eigenvalue weighted by Crippen LogP contribution is -2.51. The van der Waals surface area contributed by atoms with Gasteiger partial charge in [0.25, 0.3) is 0 Å². The number of carbonyl (C=O) groups is 1. The number of hydrogen-bond donors (Lipinski definition) is 3. The van der Waals surface area contributed by atoms with Gasteiger partial charge in [-0.2, -0.15) is 0 Å². The van der Waals surface area contributed by atoms with Crippen LogP contribution in [0.3, 0.4) is 0 Å². The zero-order valence-electron chi connectivity index (χ0n) is 21.7. The van der Waals surface area contributed by atoms with Crippen LogP contribution in [0.5, 0.6) is 11.5 Å². The van der Waals surface area contributed by atoms with Gasteiger partial charge in [-0.1, -0.05) is 37.6 Å². The molecule has 7 nitrogen and oxygen atoms in total. The highest BCUT2D eigenvalue weighted by Gasteiger charge is 2.50. The summed E-state index contributed by atoms with van der Waals surface area (Å²) in [6.07, 6.45) is 1.92. The molecule has 3 aromatic rings. The maximum atomic E-state index is 14.0. The summed E-state index contributed by atoms with van der Waals surface area (Å²) in [5.41, 5.74) is 3.61. The summed E-state index contributed by atoms with van der Waals surface area (Å²) in [7, 11) is 7.27. The highest BCUT2D eigenvalue weighted by molar-refractivity contribution is 5.90. The van der Waals surface area contributed by atoms with Gasteiger partial charge in [0.2, 0.25) is 5.91 Å². The predicted molar refractivity (Wildman–Crippen MR) is 146 cm³/mol. The Labute approximate surface area is 213 Å². The molecule has 0 spiro atoms. The van der Waals surface area contributed by atoms with Gasteiger partial charge in [0.1, 0.15) is 17.4 Å². The molecular weight excluding hydrogens is 452 g/mol. The van der Waals surface area contributed by atoms with Gasteiger partial charge in [0.15, 0.2) is 5.66 Å². The average Bonchev–Trinajstić information content (AvgIpc) is 3.28. The summed E-state index contributed by atoms with van der Waals surface area (Å²) in [6, 6.07) is 21.9. The molecule has 1 aliphatic rings. The largest absolute Gasteiger partial charge is 0.497 e. The molecule has 1 amide bonds. The van der Waals surface area contributed by atoms with E-state index in [1.165, 1.54) is 0 Å². The van der Waals surface area contributed by atoms with Gasteiger partial charge in [-0.25, -0.2) is 0 Å². The van der Waals surface area contributed by atoms with Crippen molar-refractivity contribution in [2.45, 2.75) is 31.3 Å². The number of hydrogen-bond acceptors (Lipinski definition) is 6. The second-order valence-electron chi connectivity index (χ2n) is 9.23. The van der Waals surface area contributed by atoms with E-state index < -0.39 is 11.6 Å². The second-order valence-corrected chi connectivity index (χ2v) is 9.23. The molecule has 3 aromatic carbocycles. The average molecular weight is 489 g/mol. The quantitative estimate of drug-likeness (QED) is 0.342. The van der Waals surface area contributed by atoms with E-state index >= 15 is 0 Å². The minimum Gasteiger partial charge on any atom is -0.497 e. The number of benzene rings is 3. The van der Waals surface area contributed by atoms with Crippen molar-refractivity contribution < 1.29 is 14.3 Å².